The number of nitrogens with zero attached hydrogens (tertiary/aromatic N) is 1. The van der Waals surface area contributed by atoms with Crippen LogP contribution in [-0.4, -0.2) is 49.7 Å². The summed E-state index contributed by atoms with van der Waals surface area (Å²) in [4.78, 5) is 0. The van der Waals surface area contributed by atoms with Gasteiger partial charge in [-0.3, -0.25) is 0 Å². The van der Waals surface area contributed by atoms with Crippen LogP contribution in [0.2, 0.25) is 45.3 Å². The van der Waals surface area contributed by atoms with Gasteiger partial charge in [-0.05, 0) is 25.4 Å². The average Bonchev–Trinajstić information content (AvgIpc) is 2.28. The molecule has 0 aromatic heterocycles. The van der Waals surface area contributed by atoms with Crippen molar-refractivity contribution in [3.63, 3.8) is 0 Å². The Bertz CT molecular complexity index is 230. The second kappa shape index (κ2) is 9.53. The zero-order valence-corrected chi connectivity index (χ0v) is 18.2. The van der Waals surface area contributed by atoms with Crippen LogP contribution >= 0.6 is 0 Å². The van der Waals surface area contributed by atoms with E-state index >= 15 is 0 Å². The smallest absolute Gasteiger partial charge is 0.322 e. The van der Waals surface area contributed by atoms with Gasteiger partial charge in [-0.1, -0.05) is 53.1 Å². The first-order valence-electron chi connectivity index (χ1n) is 8.13. The molecule has 0 aliphatic heterocycles. The summed E-state index contributed by atoms with van der Waals surface area (Å²) in [5, 5.41) is 0. The maximum absolute atomic E-state index is 5.99. The van der Waals surface area contributed by atoms with Crippen LogP contribution in [0.1, 0.15) is 26.7 Å². The summed E-state index contributed by atoms with van der Waals surface area (Å²) < 4.78 is 14.8. The third-order valence-corrected chi connectivity index (χ3v) is 12.9. The SMILES string of the molecule is CCCO[SiH](CCN([Si](C)(C)C)[Si](C)(C)C)OCCC. The first-order chi connectivity index (χ1) is 9.12. The summed E-state index contributed by atoms with van der Waals surface area (Å²) in [6.07, 6.45) is 2.18. The van der Waals surface area contributed by atoms with Crippen molar-refractivity contribution in [2.45, 2.75) is 72.0 Å². The highest BCUT2D eigenvalue weighted by atomic mass is 28.4. The molecule has 3 nitrogen and oxygen atoms in total. The Balaban J connectivity index is 4.53. The van der Waals surface area contributed by atoms with Crippen molar-refractivity contribution in [3.05, 3.63) is 0 Å². The molecule has 122 valence electrons. The number of hydrogen-bond donors (Lipinski definition) is 0. The quantitative estimate of drug-likeness (QED) is 0.532. The van der Waals surface area contributed by atoms with Gasteiger partial charge in [0.15, 0.2) is 0 Å². The lowest BCUT2D eigenvalue weighted by molar-refractivity contribution is 0.195. The van der Waals surface area contributed by atoms with Gasteiger partial charge in [0, 0.05) is 13.2 Å². The third kappa shape index (κ3) is 8.74. The van der Waals surface area contributed by atoms with Crippen molar-refractivity contribution in [2.24, 2.45) is 0 Å². The molecule has 0 bridgehead atoms. The monoisotopic (exact) mass is 335 g/mol. The molecule has 0 N–H and O–H groups in total. The van der Waals surface area contributed by atoms with E-state index < -0.39 is 25.8 Å². The highest BCUT2D eigenvalue weighted by molar-refractivity contribution is 6.89. The average molecular weight is 336 g/mol. The van der Waals surface area contributed by atoms with Crippen LogP contribution in [0, 0.1) is 0 Å². The molecule has 20 heavy (non-hydrogen) atoms. The summed E-state index contributed by atoms with van der Waals surface area (Å²) in [5.74, 6) is 0. The minimum Gasteiger partial charge on any atom is -0.397 e. The molecule has 0 aromatic carbocycles. The molecule has 6 heteroatoms. The van der Waals surface area contributed by atoms with Gasteiger partial charge < -0.3 is 13.1 Å². The van der Waals surface area contributed by atoms with Crippen LogP contribution < -0.4 is 0 Å². The fraction of sp³-hybridized carbons (Fsp3) is 1.00. The number of rotatable bonds is 11. The molecule has 0 aliphatic rings. The largest absolute Gasteiger partial charge is 0.397 e. The molecule has 0 saturated heterocycles. The van der Waals surface area contributed by atoms with E-state index in [-0.39, 0.29) is 0 Å². The Hall–Kier alpha value is 0.531. The van der Waals surface area contributed by atoms with E-state index in [9.17, 15) is 0 Å². The zero-order valence-electron chi connectivity index (χ0n) is 15.1. The summed E-state index contributed by atoms with van der Waals surface area (Å²) in [6, 6.07) is 1.13. The molecular weight excluding hydrogens is 298 g/mol. The Kier molecular flexibility index (Phi) is 9.78. The topological polar surface area (TPSA) is 21.7 Å². The van der Waals surface area contributed by atoms with Crippen LogP contribution in [0.5, 0.6) is 0 Å². The molecule has 0 radical (unpaired) electrons. The van der Waals surface area contributed by atoms with E-state index in [0.717, 1.165) is 32.1 Å². The molecule has 0 aliphatic carbocycles. The van der Waals surface area contributed by atoms with Gasteiger partial charge in [-0.25, -0.2) is 0 Å². The van der Waals surface area contributed by atoms with Gasteiger partial charge >= 0.3 is 9.28 Å². The minimum absolute atomic E-state index is 0.862. The van der Waals surface area contributed by atoms with Crippen LogP contribution in [0.25, 0.3) is 0 Å². The van der Waals surface area contributed by atoms with Crippen LogP contribution in [0.4, 0.5) is 0 Å². The van der Waals surface area contributed by atoms with Crippen LogP contribution in [0.15, 0.2) is 0 Å². The molecule has 0 amide bonds. The highest BCUT2D eigenvalue weighted by Gasteiger charge is 2.34. The summed E-state index contributed by atoms with van der Waals surface area (Å²) in [7, 11) is -3.96. The lowest BCUT2D eigenvalue weighted by atomic mass is 10.5. The van der Waals surface area contributed by atoms with E-state index in [1.54, 1.807) is 0 Å². The van der Waals surface area contributed by atoms with Gasteiger partial charge in [-0.15, -0.1) is 0 Å². The molecule has 0 spiro atoms. The molecule has 0 fully saturated rings. The fourth-order valence-corrected chi connectivity index (χ4v) is 14.7. The standard InChI is InChI=1S/C14H37NO2Si3/c1-9-12-16-18(17-13-10-2)14-11-15(19(3,4)5)20(6,7)8/h18H,9-14H2,1-8H3. The second-order valence-electron chi connectivity index (χ2n) is 7.45. The van der Waals surface area contributed by atoms with E-state index in [0.29, 0.717) is 0 Å². The summed E-state index contributed by atoms with van der Waals surface area (Å²) in [5.41, 5.74) is 0. The van der Waals surface area contributed by atoms with Crippen molar-refractivity contribution >= 4 is 25.8 Å². The maximum atomic E-state index is 5.99. The van der Waals surface area contributed by atoms with Gasteiger partial charge in [-0.2, -0.15) is 0 Å². The first-order valence-corrected chi connectivity index (χ1v) is 16.8. The van der Waals surface area contributed by atoms with Gasteiger partial charge in [0.2, 0.25) is 0 Å². The predicted octanol–water partition coefficient (Wildman–Crippen LogP) is 4.03. The van der Waals surface area contributed by atoms with Gasteiger partial charge in [0.25, 0.3) is 0 Å². The van der Waals surface area contributed by atoms with Crippen molar-refractivity contribution < 1.29 is 8.85 Å². The Morgan fingerprint density at radius 2 is 1.20 bits per heavy atom. The fourth-order valence-electron chi connectivity index (χ4n) is 2.62. The Morgan fingerprint density at radius 3 is 1.50 bits per heavy atom. The van der Waals surface area contributed by atoms with Crippen molar-refractivity contribution in [2.75, 3.05) is 19.8 Å². The lowest BCUT2D eigenvalue weighted by Gasteiger charge is -2.44. The summed E-state index contributed by atoms with van der Waals surface area (Å²) >= 11 is 0. The molecule has 0 unspecified atom stereocenters. The van der Waals surface area contributed by atoms with Crippen molar-refractivity contribution in [1.29, 1.82) is 0 Å². The predicted molar refractivity (Wildman–Crippen MR) is 97.8 cm³/mol. The van der Waals surface area contributed by atoms with E-state index in [2.05, 4.69) is 57.4 Å². The molecule has 0 rings (SSSR count). The molecular formula is C14H37NO2Si3. The van der Waals surface area contributed by atoms with Gasteiger partial charge in [0.1, 0.15) is 16.5 Å². The van der Waals surface area contributed by atoms with E-state index in [1.165, 1.54) is 6.54 Å². The zero-order chi connectivity index (χ0) is 15.8. The lowest BCUT2D eigenvalue weighted by Crippen LogP contribution is -2.59. The van der Waals surface area contributed by atoms with Crippen LogP contribution in [0.3, 0.4) is 0 Å². The third-order valence-electron chi connectivity index (χ3n) is 3.22. The summed E-state index contributed by atoms with van der Waals surface area (Å²) in [6.45, 7) is 22.0. The first kappa shape index (κ1) is 20.5. The number of hydrogen-bond acceptors (Lipinski definition) is 3. The van der Waals surface area contributed by atoms with Gasteiger partial charge in [0.05, 0.1) is 0 Å². The van der Waals surface area contributed by atoms with E-state index in [4.69, 9.17) is 8.85 Å². The highest BCUT2D eigenvalue weighted by Crippen LogP contribution is 2.20. The van der Waals surface area contributed by atoms with E-state index in [1.807, 2.05) is 0 Å². The Labute approximate surface area is 131 Å². The maximum Gasteiger partial charge on any atom is 0.322 e. The van der Waals surface area contributed by atoms with Crippen LogP contribution in [-0.2, 0) is 8.85 Å². The van der Waals surface area contributed by atoms with Crippen molar-refractivity contribution in [1.82, 2.24) is 4.23 Å². The molecule has 0 heterocycles. The molecule has 0 saturated carbocycles. The minimum atomic E-state index is -1.47. The molecule has 0 aromatic rings. The Morgan fingerprint density at radius 1 is 0.800 bits per heavy atom. The molecule has 0 atom stereocenters. The van der Waals surface area contributed by atoms with Crippen molar-refractivity contribution in [3.8, 4) is 0 Å². The normalized spacial score (nSPS) is 13.5. The second-order valence-corrected chi connectivity index (χ2v) is 19.8.